The Kier molecular flexibility index (Phi) is 5.76. The van der Waals surface area contributed by atoms with Gasteiger partial charge in [-0.25, -0.2) is 9.97 Å². The first-order chi connectivity index (χ1) is 12.0. The number of thioether (sulfide) groups is 1. The molecule has 25 heavy (non-hydrogen) atoms. The van der Waals surface area contributed by atoms with E-state index >= 15 is 0 Å². The first-order valence-corrected chi connectivity index (χ1v) is 10.4. The highest BCUT2D eigenvalue weighted by Crippen LogP contribution is 2.34. The van der Waals surface area contributed by atoms with Crippen LogP contribution in [-0.4, -0.2) is 33.6 Å². The Balaban J connectivity index is 1.67. The molecule has 0 N–H and O–H groups in total. The predicted molar refractivity (Wildman–Crippen MR) is 108 cm³/mol. The molecule has 1 amide bonds. The van der Waals surface area contributed by atoms with Crippen molar-refractivity contribution in [2.45, 2.75) is 25.4 Å². The van der Waals surface area contributed by atoms with Crippen LogP contribution in [0.25, 0.3) is 10.2 Å². The highest BCUT2D eigenvalue weighted by Gasteiger charge is 2.15. The highest BCUT2D eigenvalue weighted by atomic mass is 79.9. The molecule has 3 aromatic rings. The minimum Gasteiger partial charge on any atom is -0.341 e. The molecule has 7 heteroatoms. The van der Waals surface area contributed by atoms with E-state index < -0.39 is 0 Å². The van der Waals surface area contributed by atoms with Crippen LogP contribution in [0.4, 0.5) is 0 Å². The number of carbonyl (C=O) groups excluding carboxylic acids is 1. The minimum atomic E-state index is 0.0873. The largest absolute Gasteiger partial charge is 0.341 e. The van der Waals surface area contributed by atoms with Crippen molar-refractivity contribution in [3.8, 4) is 0 Å². The fourth-order valence-corrected chi connectivity index (χ4v) is 4.77. The fourth-order valence-electron chi connectivity index (χ4n) is 2.45. The van der Waals surface area contributed by atoms with Gasteiger partial charge >= 0.3 is 0 Å². The van der Waals surface area contributed by atoms with E-state index in [0.29, 0.717) is 12.3 Å². The van der Waals surface area contributed by atoms with Crippen LogP contribution in [0.2, 0.25) is 0 Å². The van der Waals surface area contributed by atoms with E-state index in [2.05, 4.69) is 39.7 Å². The Hall–Kier alpha value is -1.44. The molecule has 0 aliphatic heterocycles. The summed E-state index contributed by atoms with van der Waals surface area (Å²) in [6, 6.07) is 8.02. The molecule has 0 bridgehead atoms. The first kappa shape index (κ1) is 18.4. The van der Waals surface area contributed by atoms with Gasteiger partial charge in [0.05, 0.1) is 5.75 Å². The zero-order valence-corrected chi connectivity index (χ0v) is 17.5. The van der Waals surface area contributed by atoms with Crippen LogP contribution in [0.1, 0.15) is 16.0 Å². The Labute approximate surface area is 163 Å². The Morgan fingerprint density at radius 1 is 1.24 bits per heavy atom. The Morgan fingerprint density at radius 3 is 2.68 bits per heavy atom. The number of aryl methyl sites for hydroxylation is 2. The molecule has 0 fully saturated rings. The SMILES string of the molecule is Cc1sc2ncnc(SCC(=O)N(C)Cc3ccc(Br)cc3)c2c1C. The lowest BCUT2D eigenvalue weighted by molar-refractivity contribution is -0.127. The minimum absolute atomic E-state index is 0.0873. The monoisotopic (exact) mass is 435 g/mol. The zero-order chi connectivity index (χ0) is 18.0. The van der Waals surface area contributed by atoms with E-state index in [4.69, 9.17) is 0 Å². The van der Waals surface area contributed by atoms with Crippen LogP contribution in [-0.2, 0) is 11.3 Å². The molecule has 0 radical (unpaired) electrons. The van der Waals surface area contributed by atoms with Crippen molar-refractivity contribution in [2.75, 3.05) is 12.8 Å². The average Bonchev–Trinajstić information content (AvgIpc) is 2.89. The van der Waals surface area contributed by atoms with E-state index in [1.807, 2.05) is 31.3 Å². The van der Waals surface area contributed by atoms with Crippen molar-refractivity contribution >= 4 is 55.2 Å². The van der Waals surface area contributed by atoms with Crippen LogP contribution >= 0.6 is 39.0 Å². The van der Waals surface area contributed by atoms with Gasteiger partial charge in [0.2, 0.25) is 5.91 Å². The summed E-state index contributed by atoms with van der Waals surface area (Å²) in [5.74, 6) is 0.456. The van der Waals surface area contributed by atoms with Gasteiger partial charge in [0.15, 0.2) is 0 Å². The van der Waals surface area contributed by atoms with Gasteiger partial charge in [0.1, 0.15) is 16.2 Å². The number of nitrogens with zero attached hydrogens (tertiary/aromatic N) is 3. The molecule has 0 saturated heterocycles. The summed E-state index contributed by atoms with van der Waals surface area (Å²) in [5.41, 5.74) is 2.32. The summed E-state index contributed by atoms with van der Waals surface area (Å²) in [6.07, 6.45) is 1.58. The normalized spacial score (nSPS) is 11.0. The number of halogens is 1. The number of benzene rings is 1. The molecule has 0 atom stereocenters. The number of hydrogen-bond donors (Lipinski definition) is 0. The fraction of sp³-hybridized carbons (Fsp3) is 0.278. The number of rotatable bonds is 5. The summed E-state index contributed by atoms with van der Waals surface area (Å²) < 4.78 is 1.04. The molecular weight excluding hydrogens is 418 g/mol. The van der Waals surface area contributed by atoms with Crippen molar-refractivity contribution < 1.29 is 4.79 Å². The van der Waals surface area contributed by atoms with Gasteiger partial charge in [-0.05, 0) is 37.1 Å². The number of thiophene rings is 1. The molecule has 130 valence electrons. The lowest BCUT2D eigenvalue weighted by Crippen LogP contribution is -2.27. The van der Waals surface area contributed by atoms with Gasteiger partial charge in [0, 0.05) is 28.3 Å². The van der Waals surface area contributed by atoms with E-state index in [9.17, 15) is 4.79 Å². The van der Waals surface area contributed by atoms with Crippen molar-refractivity contribution in [2.24, 2.45) is 0 Å². The lowest BCUT2D eigenvalue weighted by Gasteiger charge is -2.17. The predicted octanol–water partition coefficient (Wildman–Crippen LogP) is 4.82. The smallest absolute Gasteiger partial charge is 0.233 e. The summed E-state index contributed by atoms with van der Waals surface area (Å²) in [7, 11) is 1.83. The quantitative estimate of drug-likeness (QED) is 0.425. The van der Waals surface area contributed by atoms with E-state index in [0.717, 1.165) is 25.3 Å². The number of aromatic nitrogens is 2. The molecule has 1 aromatic carbocycles. The third-order valence-electron chi connectivity index (χ3n) is 4.02. The molecule has 0 aliphatic carbocycles. The number of hydrogen-bond acceptors (Lipinski definition) is 5. The lowest BCUT2D eigenvalue weighted by atomic mass is 10.2. The van der Waals surface area contributed by atoms with Gasteiger partial charge in [-0.15, -0.1) is 11.3 Å². The Bertz CT molecular complexity index is 909. The maximum absolute atomic E-state index is 12.5. The standard InChI is InChI=1S/C18H18BrN3OS2/c1-11-12(2)25-18-16(11)17(20-10-21-18)24-9-15(23)22(3)8-13-4-6-14(19)7-5-13/h4-7,10H,8-9H2,1-3H3. The third-order valence-corrected chi connectivity index (χ3v) is 6.64. The summed E-state index contributed by atoms with van der Waals surface area (Å²) in [4.78, 5) is 25.2. The van der Waals surface area contributed by atoms with Crippen LogP contribution < -0.4 is 0 Å². The highest BCUT2D eigenvalue weighted by molar-refractivity contribution is 9.10. The van der Waals surface area contributed by atoms with E-state index in [1.54, 1.807) is 22.6 Å². The molecule has 0 unspecified atom stereocenters. The van der Waals surface area contributed by atoms with Crippen molar-refractivity contribution in [3.63, 3.8) is 0 Å². The van der Waals surface area contributed by atoms with Crippen molar-refractivity contribution in [1.29, 1.82) is 0 Å². The maximum atomic E-state index is 12.5. The maximum Gasteiger partial charge on any atom is 0.233 e. The van der Waals surface area contributed by atoms with Gasteiger partial charge in [0.25, 0.3) is 0 Å². The summed E-state index contributed by atoms with van der Waals surface area (Å²) in [5, 5.41) is 1.97. The Morgan fingerprint density at radius 2 is 1.96 bits per heavy atom. The first-order valence-electron chi connectivity index (χ1n) is 7.77. The van der Waals surface area contributed by atoms with Crippen molar-refractivity contribution in [1.82, 2.24) is 14.9 Å². The summed E-state index contributed by atoms with van der Waals surface area (Å²) >= 11 is 6.58. The number of fused-ring (bicyclic) bond motifs is 1. The zero-order valence-electron chi connectivity index (χ0n) is 14.2. The van der Waals surface area contributed by atoms with Gasteiger partial charge < -0.3 is 4.90 Å². The molecular formula is C18H18BrN3OS2. The van der Waals surface area contributed by atoms with Crippen LogP contribution in [0.15, 0.2) is 40.1 Å². The summed E-state index contributed by atoms with van der Waals surface area (Å²) in [6.45, 7) is 4.78. The number of amides is 1. The van der Waals surface area contributed by atoms with Crippen LogP contribution in [0.3, 0.4) is 0 Å². The third kappa shape index (κ3) is 4.22. The van der Waals surface area contributed by atoms with Gasteiger partial charge in [-0.2, -0.15) is 0 Å². The van der Waals surface area contributed by atoms with E-state index in [-0.39, 0.29) is 5.91 Å². The molecule has 2 aromatic heterocycles. The molecule has 3 rings (SSSR count). The second-order valence-electron chi connectivity index (χ2n) is 5.81. The molecule has 0 aliphatic rings. The topological polar surface area (TPSA) is 46.1 Å². The van der Waals surface area contributed by atoms with Crippen molar-refractivity contribution in [3.05, 3.63) is 51.1 Å². The number of carbonyl (C=O) groups is 1. The molecule has 0 saturated carbocycles. The molecule has 2 heterocycles. The second kappa shape index (κ2) is 7.85. The van der Waals surface area contributed by atoms with E-state index in [1.165, 1.54) is 22.2 Å². The van der Waals surface area contributed by atoms with Gasteiger partial charge in [-0.3, -0.25) is 4.79 Å². The molecule has 4 nitrogen and oxygen atoms in total. The average molecular weight is 436 g/mol. The van der Waals surface area contributed by atoms with Crippen LogP contribution in [0.5, 0.6) is 0 Å². The molecule has 0 spiro atoms. The second-order valence-corrected chi connectivity index (χ2v) is 8.89. The van der Waals surface area contributed by atoms with Crippen LogP contribution in [0, 0.1) is 13.8 Å². The van der Waals surface area contributed by atoms with Gasteiger partial charge in [-0.1, -0.05) is 39.8 Å².